The van der Waals surface area contributed by atoms with Gasteiger partial charge >= 0.3 is 0 Å². The molecule has 17 heavy (non-hydrogen) atoms. The van der Waals surface area contributed by atoms with Crippen LogP contribution >= 0.6 is 15.9 Å². The molecule has 4 nitrogen and oxygen atoms in total. The third kappa shape index (κ3) is 3.06. The maximum Gasteiger partial charge on any atom is 0.223 e. The van der Waals surface area contributed by atoms with Crippen molar-refractivity contribution >= 4 is 21.6 Å². The molecule has 0 spiro atoms. The number of hydrogen-bond donors (Lipinski definition) is 1. The molecule has 1 aromatic heterocycles. The molecular weight excluding hydrogens is 282 g/mol. The van der Waals surface area contributed by atoms with Crippen molar-refractivity contribution in [3.05, 3.63) is 40.0 Å². The van der Waals surface area contributed by atoms with Crippen LogP contribution in [0.4, 0.5) is 5.69 Å². The summed E-state index contributed by atoms with van der Waals surface area (Å²) in [5.41, 5.74) is 2.37. The maximum atomic E-state index is 4.92. The Kier molecular flexibility index (Phi) is 3.78. The molecule has 0 unspecified atom stereocenters. The van der Waals surface area contributed by atoms with Crippen molar-refractivity contribution in [3.8, 4) is 0 Å². The highest BCUT2D eigenvalue weighted by atomic mass is 79.9. The number of aryl methyl sites for hydroxylation is 2. The van der Waals surface area contributed by atoms with E-state index in [0.717, 1.165) is 16.6 Å². The predicted octanol–water partition coefficient (Wildman–Crippen LogP) is 3.32. The van der Waals surface area contributed by atoms with Crippen molar-refractivity contribution in [3.63, 3.8) is 0 Å². The van der Waals surface area contributed by atoms with Gasteiger partial charge in [-0.15, -0.1) is 0 Å². The van der Waals surface area contributed by atoms with Crippen molar-refractivity contribution in [1.29, 1.82) is 0 Å². The Morgan fingerprint density at radius 3 is 2.88 bits per heavy atom. The summed E-state index contributed by atoms with van der Waals surface area (Å²) in [7, 11) is 0. The molecule has 0 fully saturated rings. The van der Waals surface area contributed by atoms with Gasteiger partial charge in [-0.25, -0.2) is 0 Å². The molecule has 2 rings (SSSR count). The lowest BCUT2D eigenvalue weighted by molar-refractivity contribution is 0.388. The van der Waals surface area contributed by atoms with Crippen molar-refractivity contribution < 1.29 is 4.52 Å². The normalized spacial score (nSPS) is 10.5. The van der Waals surface area contributed by atoms with Crippen molar-refractivity contribution in [2.45, 2.75) is 26.8 Å². The van der Waals surface area contributed by atoms with Gasteiger partial charge < -0.3 is 9.84 Å². The van der Waals surface area contributed by atoms with Crippen LogP contribution in [0, 0.1) is 6.92 Å². The highest BCUT2D eigenvalue weighted by Gasteiger charge is 2.04. The van der Waals surface area contributed by atoms with Crippen LogP contribution in [0.1, 0.15) is 24.2 Å². The molecule has 0 radical (unpaired) electrons. The van der Waals surface area contributed by atoms with Crippen LogP contribution in [0.25, 0.3) is 0 Å². The lowest BCUT2D eigenvalue weighted by Gasteiger charge is -2.09. The molecule has 0 saturated carbocycles. The van der Waals surface area contributed by atoms with E-state index in [-0.39, 0.29) is 0 Å². The van der Waals surface area contributed by atoms with Gasteiger partial charge in [-0.3, -0.25) is 0 Å². The Hall–Kier alpha value is -1.36. The number of aromatic nitrogens is 2. The number of hydrogen-bond acceptors (Lipinski definition) is 4. The molecule has 2 aromatic rings. The molecule has 0 aliphatic carbocycles. The highest BCUT2D eigenvalue weighted by molar-refractivity contribution is 9.10. The average molecular weight is 296 g/mol. The SMILES string of the molecule is CCc1cc(Br)ccc1NCc1noc(C)n1. The molecule has 1 N–H and O–H groups in total. The summed E-state index contributed by atoms with van der Waals surface area (Å²) in [4.78, 5) is 4.15. The largest absolute Gasteiger partial charge is 0.377 e. The maximum absolute atomic E-state index is 4.92. The quantitative estimate of drug-likeness (QED) is 0.940. The van der Waals surface area contributed by atoms with E-state index in [0.29, 0.717) is 18.3 Å². The monoisotopic (exact) mass is 295 g/mol. The van der Waals surface area contributed by atoms with E-state index in [4.69, 9.17) is 4.52 Å². The van der Waals surface area contributed by atoms with Crippen LogP contribution in [0.2, 0.25) is 0 Å². The highest BCUT2D eigenvalue weighted by Crippen LogP contribution is 2.21. The first kappa shape index (κ1) is 12.1. The molecule has 0 aliphatic heterocycles. The summed E-state index contributed by atoms with van der Waals surface area (Å²) in [5, 5.41) is 7.16. The fraction of sp³-hybridized carbons (Fsp3) is 0.333. The molecule has 0 aliphatic rings. The number of rotatable bonds is 4. The first-order valence-electron chi connectivity index (χ1n) is 5.50. The average Bonchev–Trinajstić information content (AvgIpc) is 2.73. The number of halogens is 1. The summed E-state index contributed by atoms with van der Waals surface area (Å²) in [5.74, 6) is 1.26. The zero-order chi connectivity index (χ0) is 12.3. The summed E-state index contributed by atoms with van der Waals surface area (Å²) in [6.07, 6.45) is 0.979. The van der Waals surface area contributed by atoms with E-state index in [1.165, 1.54) is 5.56 Å². The summed E-state index contributed by atoms with van der Waals surface area (Å²) in [6, 6.07) is 6.18. The van der Waals surface area contributed by atoms with Crippen LogP contribution in [0.5, 0.6) is 0 Å². The third-order valence-corrected chi connectivity index (χ3v) is 2.95. The molecule has 1 heterocycles. The molecule has 0 bridgehead atoms. The van der Waals surface area contributed by atoms with E-state index < -0.39 is 0 Å². The van der Waals surface area contributed by atoms with Crippen molar-refractivity contribution in [1.82, 2.24) is 10.1 Å². The Bertz CT molecular complexity index is 510. The standard InChI is InChI=1S/C12H14BrN3O/c1-3-9-6-10(13)4-5-11(9)14-7-12-15-8(2)17-16-12/h4-6,14H,3,7H2,1-2H3. The third-order valence-electron chi connectivity index (χ3n) is 2.45. The number of anilines is 1. The van der Waals surface area contributed by atoms with E-state index in [9.17, 15) is 0 Å². The van der Waals surface area contributed by atoms with Gasteiger partial charge in [-0.05, 0) is 30.2 Å². The van der Waals surface area contributed by atoms with Gasteiger partial charge in [0.1, 0.15) is 0 Å². The molecule has 0 saturated heterocycles. The van der Waals surface area contributed by atoms with Gasteiger partial charge in [0.2, 0.25) is 5.89 Å². The molecule has 90 valence electrons. The Labute approximate surface area is 109 Å². The summed E-state index contributed by atoms with van der Waals surface area (Å²) >= 11 is 3.47. The van der Waals surface area contributed by atoms with Gasteiger partial charge in [-0.2, -0.15) is 4.98 Å². The minimum Gasteiger partial charge on any atom is -0.377 e. The van der Waals surface area contributed by atoms with Crippen molar-refractivity contribution in [2.24, 2.45) is 0 Å². The minimum absolute atomic E-state index is 0.575. The minimum atomic E-state index is 0.575. The first-order chi connectivity index (χ1) is 8.19. The summed E-state index contributed by atoms with van der Waals surface area (Å²) in [6.45, 7) is 4.49. The molecular formula is C12H14BrN3O. The van der Waals surface area contributed by atoms with Gasteiger partial charge in [0.05, 0.1) is 6.54 Å². The van der Waals surface area contributed by atoms with E-state index in [1.54, 1.807) is 6.92 Å². The van der Waals surface area contributed by atoms with Gasteiger partial charge in [-0.1, -0.05) is 28.0 Å². The van der Waals surface area contributed by atoms with Gasteiger partial charge in [0, 0.05) is 17.1 Å². The molecule has 5 heteroatoms. The lowest BCUT2D eigenvalue weighted by atomic mass is 10.1. The Morgan fingerprint density at radius 2 is 2.24 bits per heavy atom. The zero-order valence-electron chi connectivity index (χ0n) is 9.83. The number of nitrogens with one attached hydrogen (secondary N) is 1. The van der Waals surface area contributed by atoms with Crippen molar-refractivity contribution in [2.75, 3.05) is 5.32 Å². The number of nitrogens with zero attached hydrogens (tertiary/aromatic N) is 2. The molecule has 1 aromatic carbocycles. The van der Waals surface area contributed by atoms with Crippen LogP contribution in [-0.2, 0) is 13.0 Å². The second-order valence-corrected chi connectivity index (χ2v) is 4.65. The lowest BCUT2D eigenvalue weighted by Crippen LogP contribution is -2.03. The van der Waals surface area contributed by atoms with Gasteiger partial charge in [0.25, 0.3) is 0 Å². The smallest absolute Gasteiger partial charge is 0.223 e. The molecule has 0 amide bonds. The van der Waals surface area contributed by atoms with Gasteiger partial charge in [0.15, 0.2) is 5.82 Å². The van der Waals surface area contributed by atoms with E-state index in [2.05, 4.69) is 50.4 Å². The number of benzene rings is 1. The van der Waals surface area contributed by atoms with Crippen LogP contribution < -0.4 is 5.32 Å². The predicted molar refractivity (Wildman–Crippen MR) is 69.9 cm³/mol. The Morgan fingerprint density at radius 1 is 1.41 bits per heavy atom. The van der Waals surface area contributed by atoms with E-state index in [1.807, 2.05) is 6.07 Å². The Balaban J connectivity index is 2.08. The zero-order valence-corrected chi connectivity index (χ0v) is 11.4. The fourth-order valence-electron chi connectivity index (χ4n) is 1.61. The first-order valence-corrected chi connectivity index (χ1v) is 6.30. The second-order valence-electron chi connectivity index (χ2n) is 3.74. The summed E-state index contributed by atoms with van der Waals surface area (Å²) < 4.78 is 6.01. The fourth-order valence-corrected chi connectivity index (χ4v) is 2.02. The van der Waals surface area contributed by atoms with E-state index >= 15 is 0 Å². The topological polar surface area (TPSA) is 51.0 Å². The molecule has 0 atom stereocenters. The van der Waals surface area contributed by atoms with Crippen LogP contribution in [-0.4, -0.2) is 10.1 Å². The second kappa shape index (κ2) is 5.31. The van der Waals surface area contributed by atoms with Crippen LogP contribution in [0.15, 0.2) is 27.2 Å². The van der Waals surface area contributed by atoms with Crippen LogP contribution in [0.3, 0.4) is 0 Å².